The highest BCUT2D eigenvalue weighted by atomic mass is 16.3. The van der Waals surface area contributed by atoms with E-state index >= 15 is 0 Å². The van der Waals surface area contributed by atoms with Gasteiger partial charge in [-0.05, 0) is 20.4 Å². The van der Waals surface area contributed by atoms with Gasteiger partial charge in [-0.2, -0.15) is 0 Å². The zero-order valence-electron chi connectivity index (χ0n) is 11.2. The van der Waals surface area contributed by atoms with Crippen molar-refractivity contribution in [3.05, 3.63) is 0 Å². The van der Waals surface area contributed by atoms with E-state index < -0.39 is 5.41 Å². The topological polar surface area (TPSA) is 55.7 Å². The number of hydrogen-bond donors (Lipinski definition) is 3. The maximum absolute atomic E-state index is 9.11. The molecule has 0 aromatic rings. The van der Waals surface area contributed by atoms with Crippen molar-refractivity contribution in [2.75, 3.05) is 39.9 Å². The van der Waals surface area contributed by atoms with E-state index in [1.54, 1.807) is 0 Å². The summed E-state index contributed by atoms with van der Waals surface area (Å²) in [6, 6.07) is 0.601. The Labute approximate surface area is 99.7 Å². The highest BCUT2D eigenvalue weighted by Gasteiger charge is 2.21. The number of rotatable bonds is 9. The third-order valence-corrected chi connectivity index (χ3v) is 3.30. The lowest BCUT2D eigenvalue weighted by Gasteiger charge is -2.27. The molecule has 3 N–H and O–H groups in total. The van der Waals surface area contributed by atoms with Crippen molar-refractivity contribution in [3.63, 3.8) is 0 Å². The molecule has 4 heteroatoms. The minimum Gasteiger partial charge on any atom is -0.396 e. The van der Waals surface area contributed by atoms with Crippen LogP contribution in [0.5, 0.6) is 0 Å². The third kappa shape index (κ3) is 5.80. The molecule has 0 aliphatic heterocycles. The zero-order valence-corrected chi connectivity index (χ0v) is 11.2. The van der Waals surface area contributed by atoms with Gasteiger partial charge in [0.15, 0.2) is 0 Å². The van der Waals surface area contributed by atoms with Gasteiger partial charge in [-0.3, -0.25) is 0 Å². The third-order valence-electron chi connectivity index (χ3n) is 3.30. The van der Waals surface area contributed by atoms with Crippen molar-refractivity contribution >= 4 is 0 Å². The first-order chi connectivity index (χ1) is 7.49. The van der Waals surface area contributed by atoms with Crippen LogP contribution in [0.4, 0.5) is 0 Å². The van der Waals surface area contributed by atoms with E-state index in [4.69, 9.17) is 10.2 Å². The summed E-state index contributed by atoms with van der Waals surface area (Å²) in [6.07, 6.45) is 1.15. The van der Waals surface area contributed by atoms with E-state index in [0.717, 1.165) is 19.5 Å². The maximum atomic E-state index is 9.11. The van der Waals surface area contributed by atoms with Crippen LogP contribution < -0.4 is 5.32 Å². The molecule has 0 spiro atoms. The average Bonchev–Trinajstić information content (AvgIpc) is 2.32. The largest absolute Gasteiger partial charge is 0.396 e. The lowest BCUT2D eigenvalue weighted by Crippen LogP contribution is -2.41. The molecule has 0 saturated carbocycles. The maximum Gasteiger partial charge on any atom is 0.0518 e. The highest BCUT2D eigenvalue weighted by Crippen LogP contribution is 2.11. The van der Waals surface area contributed by atoms with E-state index in [2.05, 4.69) is 31.1 Å². The Balaban J connectivity index is 3.67. The van der Waals surface area contributed by atoms with E-state index in [0.29, 0.717) is 12.6 Å². The van der Waals surface area contributed by atoms with Crippen molar-refractivity contribution < 1.29 is 10.2 Å². The average molecular weight is 232 g/mol. The molecule has 0 aliphatic carbocycles. The number of hydrogen-bond acceptors (Lipinski definition) is 4. The number of nitrogens with zero attached hydrogens (tertiary/aromatic N) is 1. The molecule has 0 bridgehead atoms. The summed E-state index contributed by atoms with van der Waals surface area (Å²) in [6.45, 7) is 8.81. The fourth-order valence-electron chi connectivity index (χ4n) is 1.34. The monoisotopic (exact) mass is 232 g/mol. The number of nitrogens with one attached hydrogen (secondary N) is 1. The van der Waals surface area contributed by atoms with Crippen molar-refractivity contribution in [1.29, 1.82) is 0 Å². The SMILES string of the molecule is CCC(C)N(C)CCNCC(C)(CO)CO. The van der Waals surface area contributed by atoms with Gasteiger partial charge in [-0.15, -0.1) is 0 Å². The molecular weight excluding hydrogens is 204 g/mol. The summed E-state index contributed by atoms with van der Waals surface area (Å²) >= 11 is 0. The predicted molar refractivity (Wildman–Crippen MR) is 67.5 cm³/mol. The molecule has 1 atom stereocenters. The summed E-state index contributed by atoms with van der Waals surface area (Å²) in [4.78, 5) is 2.31. The van der Waals surface area contributed by atoms with Crippen LogP contribution in [0.25, 0.3) is 0 Å². The van der Waals surface area contributed by atoms with Crippen LogP contribution >= 0.6 is 0 Å². The van der Waals surface area contributed by atoms with Gasteiger partial charge >= 0.3 is 0 Å². The molecular formula is C12H28N2O2. The summed E-state index contributed by atoms with van der Waals surface area (Å²) < 4.78 is 0. The van der Waals surface area contributed by atoms with Gasteiger partial charge in [0.25, 0.3) is 0 Å². The zero-order chi connectivity index (χ0) is 12.6. The second-order valence-corrected chi connectivity index (χ2v) is 5.04. The van der Waals surface area contributed by atoms with Crippen LogP contribution in [-0.4, -0.2) is 61.1 Å². The number of likely N-dealkylation sites (N-methyl/N-ethyl adjacent to an activating group) is 1. The van der Waals surface area contributed by atoms with Gasteiger partial charge in [-0.1, -0.05) is 13.8 Å². The smallest absolute Gasteiger partial charge is 0.0518 e. The van der Waals surface area contributed by atoms with Crippen LogP contribution in [0.1, 0.15) is 27.2 Å². The first-order valence-electron chi connectivity index (χ1n) is 6.11. The molecule has 0 fully saturated rings. The van der Waals surface area contributed by atoms with Crippen LogP contribution in [-0.2, 0) is 0 Å². The minimum absolute atomic E-state index is 0.0116. The van der Waals surface area contributed by atoms with Crippen molar-refractivity contribution in [2.24, 2.45) is 5.41 Å². The fourth-order valence-corrected chi connectivity index (χ4v) is 1.34. The van der Waals surface area contributed by atoms with Crippen molar-refractivity contribution in [2.45, 2.75) is 33.2 Å². The summed E-state index contributed by atoms with van der Waals surface area (Å²) in [5, 5.41) is 21.5. The van der Waals surface area contributed by atoms with E-state index in [9.17, 15) is 0 Å². The predicted octanol–water partition coefficient (Wildman–Crippen LogP) is 0.297. The summed E-state index contributed by atoms with van der Waals surface area (Å²) in [5.41, 5.74) is -0.408. The molecule has 0 aromatic heterocycles. The van der Waals surface area contributed by atoms with Crippen molar-refractivity contribution in [3.8, 4) is 0 Å². The molecule has 0 rings (SSSR count). The lowest BCUT2D eigenvalue weighted by molar-refractivity contribution is 0.0691. The first-order valence-corrected chi connectivity index (χ1v) is 6.11. The van der Waals surface area contributed by atoms with E-state index in [-0.39, 0.29) is 13.2 Å². The van der Waals surface area contributed by atoms with Gasteiger partial charge in [0, 0.05) is 31.1 Å². The minimum atomic E-state index is -0.408. The van der Waals surface area contributed by atoms with Crippen LogP contribution in [0, 0.1) is 5.41 Å². The van der Waals surface area contributed by atoms with Gasteiger partial charge < -0.3 is 20.4 Å². The molecule has 0 aliphatic rings. The van der Waals surface area contributed by atoms with Gasteiger partial charge in [0.2, 0.25) is 0 Å². The molecule has 98 valence electrons. The van der Waals surface area contributed by atoms with Crippen LogP contribution in [0.3, 0.4) is 0 Å². The number of aliphatic hydroxyl groups excluding tert-OH is 2. The molecule has 0 heterocycles. The quantitative estimate of drug-likeness (QED) is 0.500. The van der Waals surface area contributed by atoms with Gasteiger partial charge in [-0.25, -0.2) is 0 Å². The normalized spacial score (nSPS) is 14.4. The highest BCUT2D eigenvalue weighted by molar-refractivity contribution is 4.75. The van der Waals surface area contributed by atoms with Crippen LogP contribution in [0.2, 0.25) is 0 Å². The molecule has 0 saturated heterocycles. The molecule has 4 nitrogen and oxygen atoms in total. The Kier molecular flexibility index (Phi) is 7.93. The first kappa shape index (κ1) is 15.8. The Bertz CT molecular complexity index is 172. The van der Waals surface area contributed by atoms with Crippen LogP contribution in [0.15, 0.2) is 0 Å². The number of aliphatic hydroxyl groups is 2. The Morgan fingerprint density at radius 2 is 1.88 bits per heavy atom. The summed E-state index contributed by atoms with van der Waals surface area (Å²) in [7, 11) is 2.12. The molecule has 0 aromatic carbocycles. The Morgan fingerprint density at radius 1 is 1.31 bits per heavy atom. The lowest BCUT2D eigenvalue weighted by atomic mass is 9.93. The molecule has 16 heavy (non-hydrogen) atoms. The van der Waals surface area contributed by atoms with E-state index in [1.165, 1.54) is 0 Å². The second kappa shape index (κ2) is 8.01. The molecule has 0 amide bonds. The van der Waals surface area contributed by atoms with Gasteiger partial charge in [0.05, 0.1) is 13.2 Å². The Morgan fingerprint density at radius 3 is 2.31 bits per heavy atom. The van der Waals surface area contributed by atoms with Crippen molar-refractivity contribution in [1.82, 2.24) is 10.2 Å². The standard InChI is InChI=1S/C12H28N2O2/c1-5-11(2)14(4)7-6-13-8-12(3,9-15)10-16/h11,13,15-16H,5-10H2,1-4H3. The summed E-state index contributed by atoms with van der Waals surface area (Å²) in [5.74, 6) is 0. The fraction of sp³-hybridized carbons (Fsp3) is 1.00. The Hall–Kier alpha value is -0.160. The van der Waals surface area contributed by atoms with E-state index in [1.807, 2.05) is 6.92 Å². The second-order valence-electron chi connectivity index (χ2n) is 5.04. The molecule has 1 unspecified atom stereocenters. The molecule has 0 radical (unpaired) electrons. The van der Waals surface area contributed by atoms with Gasteiger partial charge in [0.1, 0.15) is 0 Å².